The summed E-state index contributed by atoms with van der Waals surface area (Å²) in [5.41, 5.74) is 1.77. The number of anilines is 1. The van der Waals surface area contributed by atoms with Crippen LogP contribution < -0.4 is 10.6 Å². The molecule has 0 bridgehead atoms. The highest BCUT2D eigenvalue weighted by Crippen LogP contribution is 2.22. The van der Waals surface area contributed by atoms with Crippen LogP contribution in [0.5, 0.6) is 0 Å². The lowest BCUT2D eigenvalue weighted by Gasteiger charge is -2.18. The Balaban J connectivity index is 1.58. The molecule has 0 saturated heterocycles. The summed E-state index contributed by atoms with van der Waals surface area (Å²) in [5, 5.41) is 9.43. The molecule has 142 valence electrons. The van der Waals surface area contributed by atoms with Crippen molar-refractivity contribution in [3.8, 4) is 0 Å². The van der Waals surface area contributed by atoms with E-state index in [9.17, 15) is 14.4 Å². The van der Waals surface area contributed by atoms with Crippen LogP contribution in [0.2, 0.25) is 0 Å². The zero-order valence-corrected chi connectivity index (χ0v) is 15.8. The Kier molecular flexibility index (Phi) is 5.12. The Morgan fingerprint density at radius 3 is 2.41 bits per heavy atom. The number of aromatic nitrogens is 2. The fourth-order valence-corrected chi connectivity index (χ4v) is 2.60. The van der Waals surface area contributed by atoms with E-state index in [1.165, 1.54) is 17.1 Å². The van der Waals surface area contributed by atoms with Gasteiger partial charge in [-0.2, -0.15) is 5.10 Å². The molecule has 1 heterocycles. The molecule has 1 aliphatic carbocycles. The van der Waals surface area contributed by atoms with Gasteiger partial charge in [0.2, 0.25) is 5.91 Å². The molecule has 7 nitrogen and oxygen atoms in total. The predicted molar refractivity (Wildman–Crippen MR) is 101 cm³/mol. The number of benzene rings is 1. The van der Waals surface area contributed by atoms with Crippen LogP contribution in [0.4, 0.5) is 5.69 Å². The molecule has 1 saturated carbocycles. The van der Waals surface area contributed by atoms with Gasteiger partial charge >= 0.3 is 0 Å². The largest absolute Gasteiger partial charge is 0.352 e. The van der Waals surface area contributed by atoms with Crippen LogP contribution in [-0.2, 0) is 21.5 Å². The van der Waals surface area contributed by atoms with E-state index < -0.39 is 11.7 Å². The second kappa shape index (κ2) is 7.34. The number of nitrogens with zero attached hydrogens (tertiary/aromatic N) is 2. The maximum absolute atomic E-state index is 12.3. The van der Waals surface area contributed by atoms with Gasteiger partial charge in [0.25, 0.3) is 11.7 Å². The minimum absolute atomic E-state index is 0.0236. The third-order valence-corrected chi connectivity index (χ3v) is 4.36. The first-order valence-corrected chi connectivity index (χ1v) is 9.00. The van der Waals surface area contributed by atoms with Crippen LogP contribution in [0.15, 0.2) is 36.7 Å². The first-order valence-electron chi connectivity index (χ1n) is 9.00. The van der Waals surface area contributed by atoms with Crippen LogP contribution in [0.25, 0.3) is 0 Å². The molecule has 1 aromatic heterocycles. The zero-order chi connectivity index (χ0) is 19.6. The lowest BCUT2D eigenvalue weighted by molar-refractivity contribution is -0.122. The van der Waals surface area contributed by atoms with E-state index >= 15 is 0 Å². The van der Waals surface area contributed by atoms with Crippen molar-refractivity contribution < 1.29 is 14.4 Å². The molecule has 7 heteroatoms. The van der Waals surface area contributed by atoms with Crippen LogP contribution >= 0.6 is 0 Å². The smallest absolute Gasteiger partial charge is 0.296 e. The third-order valence-electron chi connectivity index (χ3n) is 4.36. The molecule has 1 aromatic carbocycles. The summed E-state index contributed by atoms with van der Waals surface area (Å²) in [6.07, 6.45) is 4.98. The molecule has 0 spiro atoms. The number of carbonyl (C=O) groups excluding carboxylic acids is 3. The SMILES string of the molecule is CC(C)(C)c1ccc(C(=O)C(=O)Nc2cnn(CC(=O)NC3CC3)c2)cc1. The standard InChI is InChI=1S/C20H24N4O3/c1-20(2,3)14-6-4-13(5-7-14)18(26)19(27)23-16-10-21-24(11-16)12-17(25)22-15-8-9-15/h4-7,10-11,15H,8-9,12H2,1-3H3,(H,22,25)(H,23,27). The summed E-state index contributed by atoms with van der Waals surface area (Å²) in [6.45, 7) is 6.33. The Hall–Kier alpha value is -2.96. The minimum Gasteiger partial charge on any atom is -0.352 e. The predicted octanol–water partition coefficient (Wildman–Crippen LogP) is 2.28. The molecule has 27 heavy (non-hydrogen) atoms. The summed E-state index contributed by atoms with van der Waals surface area (Å²) in [7, 11) is 0. The fraction of sp³-hybridized carbons (Fsp3) is 0.400. The Bertz CT molecular complexity index is 858. The van der Waals surface area contributed by atoms with Crippen molar-refractivity contribution in [2.45, 2.75) is 51.6 Å². The van der Waals surface area contributed by atoms with Gasteiger partial charge in [0.05, 0.1) is 11.9 Å². The van der Waals surface area contributed by atoms with Crippen LogP contribution in [0.3, 0.4) is 0 Å². The highest BCUT2D eigenvalue weighted by molar-refractivity contribution is 6.46. The highest BCUT2D eigenvalue weighted by Gasteiger charge is 2.23. The number of rotatable bonds is 6. The number of carbonyl (C=O) groups is 3. The normalized spacial score (nSPS) is 13.9. The van der Waals surface area contributed by atoms with Gasteiger partial charge in [-0.25, -0.2) is 0 Å². The molecular formula is C20H24N4O3. The van der Waals surface area contributed by atoms with Crippen molar-refractivity contribution in [3.63, 3.8) is 0 Å². The zero-order valence-electron chi connectivity index (χ0n) is 15.8. The highest BCUT2D eigenvalue weighted by atomic mass is 16.2. The van der Waals surface area contributed by atoms with Crippen LogP contribution in [0.1, 0.15) is 49.5 Å². The van der Waals surface area contributed by atoms with E-state index in [4.69, 9.17) is 0 Å². The second-order valence-electron chi connectivity index (χ2n) is 7.88. The average molecular weight is 368 g/mol. The van der Waals surface area contributed by atoms with Crippen molar-refractivity contribution in [3.05, 3.63) is 47.8 Å². The third kappa shape index (κ3) is 5.03. The number of ketones is 1. The number of hydrogen-bond donors (Lipinski definition) is 2. The van der Waals surface area contributed by atoms with Gasteiger partial charge in [-0.15, -0.1) is 0 Å². The van der Waals surface area contributed by atoms with Gasteiger partial charge in [-0.1, -0.05) is 45.0 Å². The first kappa shape index (κ1) is 18.8. The van der Waals surface area contributed by atoms with Gasteiger partial charge in [0.15, 0.2) is 0 Å². The lowest BCUT2D eigenvalue weighted by atomic mass is 9.86. The number of nitrogens with one attached hydrogen (secondary N) is 2. The molecule has 0 radical (unpaired) electrons. The van der Waals surface area contributed by atoms with Gasteiger partial charge in [0, 0.05) is 17.8 Å². The summed E-state index contributed by atoms with van der Waals surface area (Å²) in [6, 6.07) is 7.32. The molecule has 3 rings (SSSR count). The topological polar surface area (TPSA) is 93.1 Å². The molecule has 0 unspecified atom stereocenters. The molecule has 0 atom stereocenters. The monoisotopic (exact) mass is 368 g/mol. The summed E-state index contributed by atoms with van der Waals surface area (Å²) >= 11 is 0. The molecule has 1 aliphatic rings. The van der Waals surface area contributed by atoms with Crippen LogP contribution in [0, 0.1) is 0 Å². The Labute approximate surface area is 158 Å². The molecular weight excluding hydrogens is 344 g/mol. The molecule has 2 N–H and O–H groups in total. The quantitative estimate of drug-likeness (QED) is 0.604. The van der Waals surface area contributed by atoms with Gasteiger partial charge in [0.1, 0.15) is 6.54 Å². The maximum Gasteiger partial charge on any atom is 0.296 e. The van der Waals surface area contributed by atoms with E-state index in [2.05, 4.69) is 36.5 Å². The summed E-state index contributed by atoms with van der Waals surface area (Å²) in [4.78, 5) is 36.3. The second-order valence-corrected chi connectivity index (χ2v) is 7.88. The van der Waals surface area contributed by atoms with Crippen molar-refractivity contribution in [1.29, 1.82) is 0 Å². The van der Waals surface area contributed by atoms with Gasteiger partial charge in [-0.3, -0.25) is 19.1 Å². The Morgan fingerprint density at radius 2 is 1.81 bits per heavy atom. The van der Waals surface area contributed by atoms with Crippen molar-refractivity contribution >= 4 is 23.3 Å². The fourth-order valence-electron chi connectivity index (χ4n) is 2.60. The van der Waals surface area contributed by atoms with Gasteiger partial charge < -0.3 is 10.6 Å². The van der Waals surface area contributed by atoms with E-state index in [0.717, 1.165) is 18.4 Å². The van der Waals surface area contributed by atoms with Crippen molar-refractivity contribution in [1.82, 2.24) is 15.1 Å². The number of Topliss-reactive ketones (excluding diaryl/α,β-unsaturated/α-hetero) is 1. The van der Waals surface area contributed by atoms with Crippen molar-refractivity contribution in [2.24, 2.45) is 0 Å². The van der Waals surface area contributed by atoms with Crippen LogP contribution in [-0.4, -0.2) is 33.4 Å². The number of amides is 2. The van der Waals surface area contributed by atoms with Crippen molar-refractivity contribution in [2.75, 3.05) is 5.32 Å². The maximum atomic E-state index is 12.3. The van der Waals surface area contributed by atoms with E-state index in [1.54, 1.807) is 12.1 Å². The number of hydrogen-bond acceptors (Lipinski definition) is 4. The van der Waals surface area contributed by atoms with E-state index in [-0.39, 0.29) is 23.9 Å². The first-order chi connectivity index (χ1) is 12.7. The molecule has 2 aromatic rings. The summed E-state index contributed by atoms with van der Waals surface area (Å²) < 4.78 is 1.43. The molecule has 1 fully saturated rings. The molecule has 0 aliphatic heterocycles. The van der Waals surface area contributed by atoms with Gasteiger partial charge in [-0.05, 0) is 23.8 Å². The minimum atomic E-state index is -0.736. The van der Waals surface area contributed by atoms with E-state index in [0.29, 0.717) is 11.3 Å². The molecule has 2 amide bonds. The summed E-state index contributed by atoms with van der Waals surface area (Å²) in [5.74, 6) is -1.47. The Morgan fingerprint density at radius 1 is 1.15 bits per heavy atom. The van der Waals surface area contributed by atoms with E-state index in [1.807, 2.05) is 12.1 Å². The lowest BCUT2D eigenvalue weighted by Crippen LogP contribution is -2.29. The average Bonchev–Trinajstić information content (AvgIpc) is 3.31.